The lowest BCUT2D eigenvalue weighted by Gasteiger charge is -2.09. The van der Waals surface area contributed by atoms with Gasteiger partial charge in [-0.15, -0.1) is 0 Å². The van der Waals surface area contributed by atoms with E-state index in [4.69, 9.17) is 0 Å². The highest BCUT2D eigenvalue weighted by molar-refractivity contribution is 9.10. The van der Waals surface area contributed by atoms with Gasteiger partial charge in [-0.1, -0.05) is 0 Å². The molecule has 0 amide bonds. The van der Waals surface area contributed by atoms with Crippen LogP contribution in [0.5, 0.6) is 0 Å². The number of nitrogens with zero attached hydrogens (tertiary/aromatic N) is 1. The van der Waals surface area contributed by atoms with Crippen molar-refractivity contribution in [3.63, 3.8) is 0 Å². The Morgan fingerprint density at radius 1 is 1.67 bits per heavy atom. The molecular weight excluding hydrogens is 223 g/mol. The number of aromatic nitrogens is 1. The maximum absolute atomic E-state index is 13.2. The van der Waals surface area contributed by atoms with Gasteiger partial charge in [-0.25, -0.2) is 4.39 Å². The van der Waals surface area contributed by atoms with Gasteiger partial charge in [0.1, 0.15) is 5.82 Å². The second-order valence-corrected chi connectivity index (χ2v) is 3.45. The Bertz CT molecular complexity index is 278. The summed E-state index contributed by atoms with van der Waals surface area (Å²) < 4.78 is 13.8. The molecule has 0 saturated carbocycles. The molecule has 0 spiro atoms. The quantitative estimate of drug-likeness (QED) is 0.847. The minimum Gasteiger partial charge on any atom is -0.312 e. The largest absolute Gasteiger partial charge is 0.312 e. The van der Waals surface area contributed by atoms with Crippen molar-refractivity contribution in [2.75, 3.05) is 7.05 Å². The van der Waals surface area contributed by atoms with Crippen molar-refractivity contribution in [2.45, 2.75) is 13.0 Å². The SMILES string of the molecule is CN[C@@H](C)c1ncc(Br)cc1F. The zero-order valence-electron chi connectivity index (χ0n) is 6.94. The molecule has 0 fully saturated rings. The molecule has 12 heavy (non-hydrogen) atoms. The lowest BCUT2D eigenvalue weighted by Crippen LogP contribution is -2.15. The first kappa shape index (κ1) is 9.61. The highest BCUT2D eigenvalue weighted by Gasteiger charge is 2.10. The molecule has 0 aromatic carbocycles. The summed E-state index contributed by atoms with van der Waals surface area (Å²) in [7, 11) is 1.77. The van der Waals surface area contributed by atoms with Crippen molar-refractivity contribution >= 4 is 15.9 Å². The molecule has 1 rings (SSSR count). The van der Waals surface area contributed by atoms with E-state index in [0.29, 0.717) is 10.2 Å². The third-order valence-corrected chi connectivity index (χ3v) is 2.11. The molecular formula is C8H10BrFN2. The van der Waals surface area contributed by atoms with Crippen molar-refractivity contribution in [3.05, 3.63) is 28.2 Å². The van der Waals surface area contributed by atoms with Gasteiger partial charge in [0, 0.05) is 16.7 Å². The summed E-state index contributed by atoms with van der Waals surface area (Å²) in [4.78, 5) is 3.96. The first-order valence-electron chi connectivity index (χ1n) is 3.63. The average molecular weight is 233 g/mol. The van der Waals surface area contributed by atoms with Crippen LogP contribution in [0.1, 0.15) is 18.7 Å². The van der Waals surface area contributed by atoms with E-state index in [1.54, 1.807) is 13.2 Å². The van der Waals surface area contributed by atoms with Gasteiger partial charge in [-0.3, -0.25) is 4.98 Å². The van der Waals surface area contributed by atoms with E-state index in [9.17, 15) is 4.39 Å². The second-order valence-electron chi connectivity index (χ2n) is 2.53. The highest BCUT2D eigenvalue weighted by atomic mass is 79.9. The standard InChI is InChI=1S/C8H10BrFN2/c1-5(11-2)8-7(10)3-6(9)4-12-8/h3-5,11H,1-2H3/t5-/m0/s1. The molecule has 1 heterocycles. The predicted octanol–water partition coefficient (Wildman–Crippen LogP) is 2.26. The number of halogens is 2. The van der Waals surface area contributed by atoms with Gasteiger partial charge < -0.3 is 5.32 Å². The van der Waals surface area contributed by atoms with Crippen molar-refractivity contribution in [3.8, 4) is 0 Å². The van der Waals surface area contributed by atoms with Crippen LogP contribution in [0, 0.1) is 5.82 Å². The van der Waals surface area contributed by atoms with Gasteiger partial charge in [0.25, 0.3) is 0 Å². The fraction of sp³-hybridized carbons (Fsp3) is 0.375. The van der Waals surface area contributed by atoms with Crippen molar-refractivity contribution in [1.82, 2.24) is 10.3 Å². The third kappa shape index (κ3) is 2.01. The van der Waals surface area contributed by atoms with Crippen LogP contribution in [-0.2, 0) is 0 Å². The summed E-state index contributed by atoms with van der Waals surface area (Å²) in [5, 5.41) is 2.92. The smallest absolute Gasteiger partial charge is 0.147 e. The van der Waals surface area contributed by atoms with E-state index < -0.39 is 0 Å². The van der Waals surface area contributed by atoms with Crippen LogP contribution in [0.25, 0.3) is 0 Å². The maximum Gasteiger partial charge on any atom is 0.147 e. The molecule has 0 radical (unpaired) electrons. The number of hydrogen-bond acceptors (Lipinski definition) is 2. The number of hydrogen-bond donors (Lipinski definition) is 1. The van der Waals surface area contributed by atoms with Gasteiger partial charge >= 0.3 is 0 Å². The molecule has 2 nitrogen and oxygen atoms in total. The van der Waals surface area contributed by atoms with Gasteiger partial charge in [0.05, 0.1) is 5.69 Å². The Hall–Kier alpha value is -0.480. The van der Waals surface area contributed by atoms with Gasteiger partial charge in [0.15, 0.2) is 0 Å². The Kier molecular flexibility index (Phi) is 3.17. The zero-order chi connectivity index (χ0) is 9.14. The van der Waals surface area contributed by atoms with Gasteiger partial charge in [-0.2, -0.15) is 0 Å². The minimum atomic E-state index is -0.286. The Morgan fingerprint density at radius 2 is 2.33 bits per heavy atom. The van der Waals surface area contributed by atoms with Crippen molar-refractivity contribution in [1.29, 1.82) is 0 Å². The predicted molar refractivity (Wildman–Crippen MR) is 49.4 cm³/mol. The van der Waals surface area contributed by atoms with Crippen molar-refractivity contribution < 1.29 is 4.39 Å². The van der Waals surface area contributed by atoms with Crippen molar-refractivity contribution in [2.24, 2.45) is 0 Å². The highest BCUT2D eigenvalue weighted by Crippen LogP contribution is 2.17. The molecule has 1 atom stereocenters. The van der Waals surface area contributed by atoms with Crippen LogP contribution >= 0.6 is 15.9 Å². The summed E-state index contributed by atoms with van der Waals surface area (Å²) in [6, 6.07) is 1.36. The molecule has 0 unspecified atom stereocenters. The molecule has 0 saturated heterocycles. The summed E-state index contributed by atoms with van der Waals surface area (Å²) in [5.74, 6) is -0.286. The lowest BCUT2D eigenvalue weighted by molar-refractivity contribution is 0.543. The molecule has 0 aliphatic heterocycles. The zero-order valence-corrected chi connectivity index (χ0v) is 8.52. The normalized spacial score (nSPS) is 13.0. The van der Waals surface area contributed by atoms with Crippen LogP contribution < -0.4 is 5.32 Å². The van der Waals surface area contributed by atoms with Crippen LogP contribution in [0.4, 0.5) is 4.39 Å². The Morgan fingerprint density at radius 3 is 2.83 bits per heavy atom. The summed E-state index contributed by atoms with van der Waals surface area (Å²) in [6.45, 7) is 1.86. The van der Waals surface area contributed by atoms with Gasteiger partial charge in [0.2, 0.25) is 0 Å². The molecule has 4 heteroatoms. The first-order valence-corrected chi connectivity index (χ1v) is 4.42. The molecule has 0 aliphatic rings. The Labute approximate surface area is 79.3 Å². The van der Waals surface area contributed by atoms with E-state index in [2.05, 4.69) is 26.2 Å². The summed E-state index contributed by atoms with van der Waals surface area (Å²) in [5.41, 5.74) is 0.445. The topological polar surface area (TPSA) is 24.9 Å². The molecule has 1 aromatic heterocycles. The molecule has 1 N–H and O–H groups in total. The average Bonchev–Trinajstić information content (AvgIpc) is 2.03. The first-order chi connectivity index (χ1) is 5.65. The fourth-order valence-corrected chi connectivity index (χ4v) is 1.18. The number of pyridine rings is 1. The Balaban J connectivity index is 3.01. The number of nitrogens with one attached hydrogen (secondary N) is 1. The van der Waals surface area contributed by atoms with Gasteiger partial charge in [-0.05, 0) is 36.0 Å². The monoisotopic (exact) mass is 232 g/mol. The van der Waals surface area contributed by atoms with E-state index in [1.807, 2.05) is 6.92 Å². The summed E-state index contributed by atoms with van der Waals surface area (Å²) in [6.07, 6.45) is 1.59. The third-order valence-electron chi connectivity index (χ3n) is 1.68. The molecule has 0 aliphatic carbocycles. The van der Waals surface area contributed by atoms with E-state index >= 15 is 0 Å². The van der Waals surface area contributed by atoms with Crippen LogP contribution in [-0.4, -0.2) is 12.0 Å². The van der Waals surface area contributed by atoms with Crippen LogP contribution in [0.3, 0.4) is 0 Å². The second kappa shape index (κ2) is 3.96. The van der Waals surface area contributed by atoms with E-state index in [0.717, 1.165) is 0 Å². The molecule has 0 bridgehead atoms. The molecule has 1 aromatic rings. The fourth-order valence-electron chi connectivity index (χ4n) is 0.880. The number of rotatable bonds is 2. The van der Waals surface area contributed by atoms with E-state index in [1.165, 1.54) is 6.07 Å². The lowest BCUT2D eigenvalue weighted by atomic mass is 10.2. The van der Waals surface area contributed by atoms with Crippen LogP contribution in [0.2, 0.25) is 0 Å². The summed E-state index contributed by atoms with van der Waals surface area (Å²) >= 11 is 3.14. The van der Waals surface area contributed by atoms with Crippen LogP contribution in [0.15, 0.2) is 16.7 Å². The maximum atomic E-state index is 13.2. The minimum absolute atomic E-state index is 0.0573. The van der Waals surface area contributed by atoms with E-state index in [-0.39, 0.29) is 11.9 Å². The molecule has 66 valence electrons.